The maximum atomic E-state index is 14.5. The fourth-order valence-corrected chi connectivity index (χ4v) is 8.76. The second-order valence-electron chi connectivity index (χ2n) is 14.6. The number of allylic oxidation sites excluding steroid dienone is 1. The lowest BCUT2D eigenvalue weighted by Gasteiger charge is -2.33. The molecule has 55 heavy (non-hydrogen) atoms. The number of halogens is 3. The highest BCUT2D eigenvalue weighted by atomic mass is 32.2. The fourth-order valence-electron chi connectivity index (χ4n) is 7.39. The minimum atomic E-state index is -5.03. The largest absolute Gasteiger partial charge is 0.497 e. The van der Waals surface area contributed by atoms with E-state index in [-0.39, 0.29) is 35.7 Å². The van der Waals surface area contributed by atoms with Crippen molar-refractivity contribution in [2.45, 2.75) is 87.0 Å². The third kappa shape index (κ3) is 8.74. The number of aromatic nitrogens is 2. The number of carbonyl (C=O) groups excluding carboxylic acids is 3. The monoisotopic (exact) mass is 796 g/mol. The summed E-state index contributed by atoms with van der Waals surface area (Å²) in [7, 11) is -1.27. The van der Waals surface area contributed by atoms with Crippen molar-refractivity contribution in [3.05, 3.63) is 36.0 Å². The van der Waals surface area contributed by atoms with E-state index in [0.29, 0.717) is 32.1 Å². The molecule has 2 aromatic rings. The summed E-state index contributed by atoms with van der Waals surface area (Å²) in [6, 6.07) is 1.11. The molecule has 0 radical (unpaired) electrons. The maximum absolute atomic E-state index is 14.5. The molecule has 7 atom stereocenters. The number of hydrogen-bond donors (Lipinski definition) is 4. The number of alkyl halides is 3. The van der Waals surface area contributed by atoms with Crippen molar-refractivity contribution in [1.29, 1.82) is 0 Å². The molecule has 3 fully saturated rings. The summed E-state index contributed by atoms with van der Waals surface area (Å²) in [5.41, 5.74) is -3.26. The van der Waals surface area contributed by atoms with Gasteiger partial charge in [0.25, 0.3) is 5.91 Å². The third-order valence-electron chi connectivity index (χ3n) is 10.5. The van der Waals surface area contributed by atoms with Gasteiger partial charge in [0, 0.05) is 31.4 Å². The average Bonchev–Trinajstić information content (AvgIpc) is 4.04. The molecule has 300 valence electrons. The number of carboxylic acid groups (broad SMARTS) is 1. The lowest BCUT2D eigenvalue weighted by Crippen LogP contribution is -2.59. The number of hydrogen-bond acceptors (Lipinski definition) is 11. The van der Waals surface area contributed by atoms with Crippen LogP contribution in [0.4, 0.5) is 18.0 Å². The van der Waals surface area contributed by atoms with E-state index in [1.807, 2.05) is 13.0 Å². The number of amides is 4. The van der Waals surface area contributed by atoms with Gasteiger partial charge in [0.15, 0.2) is 0 Å². The summed E-state index contributed by atoms with van der Waals surface area (Å²) in [4.78, 5) is 63.4. The second kappa shape index (κ2) is 15.4. The van der Waals surface area contributed by atoms with Gasteiger partial charge < -0.3 is 34.9 Å². The lowest BCUT2D eigenvalue weighted by molar-refractivity contribution is -0.143. The zero-order valence-corrected chi connectivity index (χ0v) is 31.1. The summed E-state index contributed by atoms with van der Waals surface area (Å²) < 4.78 is 87.1. The molecule has 3 heterocycles. The second-order valence-corrected chi connectivity index (χ2v) is 16.6. The van der Waals surface area contributed by atoms with Gasteiger partial charge in [0.05, 0.1) is 36.5 Å². The first-order valence-electron chi connectivity index (χ1n) is 17.9. The molecule has 0 unspecified atom stereocenters. The van der Waals surface area contributed by atoms with Crippen LogP contribution in [0.5, 0.6) is 11.6 Å². The normalized spacial score (nSPS) is 29.5. The predicted octanol–water partition coefficient (Wildman–Crippen LogP) is 2.76. The smallest absolute Gasteiger partial charge is 0.438 e. The molecule has 2 aliphatic carbocycles. The Hall–Kier alpha value is -4.72. The van der Waals surface area contributed by atoms with Gasteiger partial charge in [-0.25, -0.2) is 23.2 Å². The summed E-state index contributed by atoms with van der Waals surface area (Å²) in [6.07, 6.45) is -2.46. The highest BCUT2D eigenvalue weighted by Gasteiger charge is 2.62. The fraction of sp³-hybridized carbons (Fsp3) is 0.600. The zero-order valence-electron chi connectivity index (χ0n) is 30.3. The van der Waals surface area contributed by atoms with Crippen LogP contribution in [0.2, 0.25) is 0 Å². The Balaban J connectivity index is 1.39. The van der Waals surface area contributed by atoms with Crippen LogP contribution in [0.15, 0.2) is 30.4 Å². The van der Waals surface area contributed by atoms with Crippen molar-refractivity contribution < 1.29 is 60.1 Å². The van der Waals surface area contributed by atoms with Crippen LogP contribution >= 0.6 is 0 Å². The van der Waals surface area contributed by atoms with Gasteiger partial charge in [0.2, 0.25) is 33.4 Å². The molecule has 16 nitrogen and oxygen atoms in total. The Kier molecular flexibility index (Phi) is 11.2. The van der Waals surface area contributed by atoms with Crippen molar-refractivity contribution in [3.8, 4) is 11.6 Å². The molecule has 1 saturated heterocycles. The Morgan fingerprint density at radius 1 is 1.11 bits per heavy atom. The van der Waals surface area contributed by atoms with Crippen molar-refractivity contribution in [3.63, 3.8) is 0 Å². The maximum Gasteiger partial charge on any atom is 0.438 e. The molecule has 4 amide bonds. The Bertz CT molecular complexity index is 1980. The molecule has 20 heteroatoms. The zero-order chi connectivity index (χ0) is 39.9. The molecule has 2 saturated carbocycles. The molecular formula is C35H43F3N6O10S. The first-order chi connectivity index (χ1) is 25.9. The predicted molar refractivity (Wildman–Crippen MR) is 187 cm³/mol. The van der Waals surface area contributed by atoms with E-state index in [4.69, 9.17) is 14.2 Å². The van der Waals surface area contributed by atoms with Crippen LogP contribution < -0.4 is 24.8 Å². The molecule has 0 bridgehead atoms. The third-order valence-corrected chi connectivity index (χ3v) is 12.3. The average molecular weight is 797 g/mol. The number of methoxy groups -OCH3 is 2. The van der Waals surface area contributed by atoms with E-state index in [1.54, 1.807) is 6.08 Å². The van der Waals surface area contributed by atoms with Crippen LogP contribution in [-0.4, -0.2) is 109 Å². The van der Waals surface area contributed by atoms with Gasteiger partial charge in [-0.15, -0.1) is 0 Å². The number of benzene rings is 1. The first kappa shape index (κ1) is 40.0. The van der Waals surface area contributed by atoms with E-state index in [9.17, 15) is 45.9 Å². The Morgan fingerprint density at radius 3 is 2.51 bits per heavy atom. The number of nitrogens with one attached hydrogen (secondary N) is 3. The lowest BCUT2D eigenvalue weighted by atomic mass is 9.87. The molecule has 0 spiro atoms. The number of carbonyl (C=O) groups is 4. The van der Waals surface area contributed by atoms with Crippen molar-refractivity contribution >= 4 is 44.9 Å². The Labute approximate surface area is 314 Å². The van der Waals surface area contributed by atoms with Crippen molar-refractivity contribution in [2.24, 2.45) is 17.8 Å². The number of nitrogens with zero attached hydrogens (tertiary/aromatic N) is 3. The van der Waals surface area contributed by atoms with Crippen molar-refractivity contribution in [2.75, 3.05) is 27.4 Å². The summed E-state index contributed by atoms with van der Waals surface area (Å²) in [5, 5.41) is 14.0. The quantitative estimate of drug-likeness (QED) is 0.270. The molecule has 1 aromatic heterocycles. The van der Waals surface area contributed by atoms with Gasteiger partial charge in [-0.05, 0) is 56.6 Å². The number of rotatable bonds is 9. The number of sulfonamides is 1. The topological polar surface area (TPSA) is 215 Å². The molecular weight excluding hydrogens is 753 g/mol. The van der Waals surface area contributed by atoms with Gasteiger partial charge in [-0.1, -0.05) is 19.1 Å². The summed E-state index contributed by atoms with van der Waals surface area (Å²) in [6.45, 7) is 1.38. The standard InChI is InChI=1S/C35H43F3N6O10S/c1-18-6-4-5-7-20-15-34(20,32(47)43-55(50,51)23-9-10-23)42-29(45)26-14-22(16-44(26)31(46)27(41-33(48)49)19(12-18)17-52-2)54-30-28(35(36,37)38)39-24-11-8-21(53-3)13-25(24)40-30/h5,7-8,11,13,18-20,22-23,26-27,41H,4,6,9-10,12,14-17H2,1-3H3,(H,42,45)(H,43,47)(H,48,49)/b7-5-/t18-,19-,20+,22+,26-,27-,34+/m0/s1. The van der Waals surface area contributed by atoms with Crippen LogP contribution in [0.25, 0.3) is 11.0 Å². The summed E-state index contributed by atoms with van der Waals surface area (Å²) in [5.74, 6) is -4.77. The van der Waals surface area contributed by atoms with E-state index >= 15 is 0 Å². The van der Waals surface area contributed by atoms with E-state index < -0.39 is 105 Å². The SMILES string of the molecule is COC[C@@H]1C[C@@H](C)CC/C=C\[C@@H]2C[C@@]2(C(=O)NS(=O)(=O)C2CC2)NC(=O)[C@@H]2C[C@@H](Oc3nc4cc(OC)ccc4nc3C(F)(F)F)CN2C(=O)[C@H]1NC(=O)O. The van der Waals surface area contributed by atoms with E-state index in [2.05, 4.69) is 25.3 Å². The van der Waals surface area contributed by atoms with Gasteiger partial charge in [-0.2, -0.15) is 13.2 Å². The van der Waals surface area contributed by atoms with Crippen molar-refractivity contribution in [1.82, 2.24) is 30.2 Å². The number of ether oxygens (including phenoxy) is 3. The van der Waals surface area contributed by atoms with Crippen LogP contribution in [0.1, 0.15) is 57.6 Å². The highest BCUT2D eigenvalue weighted by molar-refractivity contribution is 7.91. The van der Waals surface area contributed by atoms with Gasteiger partial charge in [-0.3, -0.25) is 19.1 Å². The molecule has 1 aromatic carbocycles. The number of fused-ring (bicyclic) bond motifs is 3. The first-order valence-corrected chi connectivity index (χ1v) is 19.4. The van der Waals surface area contributed by atoms with Crippen LogP contribution in [0.3, 0.4) is 0 Å². The molecule has 6 rings (SSSR count). The summed E-state index contributed by atoms with van der Waals surface area (Å²) >= 11 is 0. The molecule has 4 N–H and O–H groups in total. The van der Waals surface area contributed by atoms with Crippen LogP contribution in [0, 0.1) is 17.8 Å². The van der Waals surface area contributed by atoms with Gasteiger partial charge in [0.1, 0.15) is 29.5 Å². The van der Waals surface area contributed by atoms with Crippen LogP contribution in [-0.2, 0) is 35.3 Å². The highest BCUT2D eigenvalue weighted by Crippen LogP contribution is 2.46. The van der Waals surface area contributed by atoms with Gasteiger partial charge >= 0.3 is 12.3 Å². The minimum absolute atomic E-state index is 0.00759. The Morgan fingerprint density at radius 2 is 1.85 bits per heavy atom. The van der Waals surface area contributed by atoms with E-state index in [0.717, 1.165) is 4.90 Å². The minimum Gasteiger partial charge on any atom is -0.497 e. The molecule has 2 aliphatic heterocycles. The van der Waals surface area contributed by atoms with E-state index in [1.165, 1.54) is 32.4 Å². The molecule has 4 aliphatic rings.